The summed E-state index contributed by atoms with van der Waals surface area (Å²) >= 11 is 6.44. The van der Waals surface area contributed by atoms with Crippen LogP contribution in [-0.2, 0) is 11.2 Å². The number of hydrogen-bond donors (Lipinski definition) is 0. The van der Waals surface area contributed by atoms with Crippen molar-refractivity contribution in [1.29, 1.82) is 0 Å². The Kier molecular flexibility index (Phi) is 7.09. The summed E-state index contributed by atoms with van der Waals surface area (Å²) in [6.07, 6.45) is 8.49. The largest absolute Gasteiger partial charge is 0.364 e. The van der Waals surface area contributed by atoms with E-state index in [9.17, 15) is 0 Å². The number of unbranched alkanes of at least 4 members (excludes halogenated alkanes) is 1. The molecule has 0 aromatic heterocycles. The van der Waals surface area contributed by atoms with Gasteiger partial charge >= 0.3 is 0 Å². The van der Waals surface area contributed by atoms with Gasteiger partial charge in [-0.05, 0) is 47.6 Å². The van der Waals surface area contributed by atoms with Gasteiger partial charge in [-0.2, -0.15) is 0 Å². The van der Waals surface area contributed by atoms with Gasteiger partial charge in [0.25, 0.3) is 0 Å². The van der Waals surface area contributed by atoms with Crippen LogP contribution in [0.3, 0.4) is 0 Å². The first-order chi connectivity index (χ1) is 13.2. The van der Waals surface area contributed by atoms with Crippen LogP contribution in [0.15, 0.2) is 90.0 Å². The summed E-state index contributed by atoms with van der Waals surface area (Å²) in [4.78, 5) is 0. The average molecular weight is 379 g/mol. The van der Waals surface area contributed by atoms with Gasteiger partial charge in [-0.15, -0.1) is 0 Å². The zero-order chi connectivity index (χ0) is 19.1. The van der Waals surface area contributed by atoms with E-state index in [0.29, 0.717) is 6.61 Å². The molecule has 0 spiro atoms. The Morgan fingerprint density at radius 1 is 1.15 bits per heavy atom. The van der Waals surface area contributed by atoms with Crippen molar-refractivity contribution in [3.63, 3.8) is 0 Å². The van der Waals surface area contributed by atoms with Crippen molar-refractivity contribution in [3.05, 3.63) is 106 Å². The van der Waals surface area contributed by atoms with Gasteiger partial charge in [0.2, 0.25) is 0 Å². The molecule has 1 aliphatic heterocycles. The number of benzene rings is 2. The topological polar surface area (TPSA) is 9.23 Å². The SMILES string of the molecule is C=C(/C=C/Cc1ccccc1)C1=C(CCCC)C(c2ccccc2Cl)OC1. The van der Waals surface area contributed by atoms with Crippen LogP contribution in [0, 0.1) is 0 Å². The molecule has 2 aromatic rings. The molecule has 0 saturated heterocycles. The van der Waals surface area contributed by atoms with Gasteiger partial charge in [0.05, 0.1) is 6.61 Å². The second kappa shape index (κ2) is 9.73. The zero-order valence-electron chi connectivity index (χ0n) is 16.0. The van der Waals surface area contributed by atoms with E-state index in [2.05, 4.69) is 56.0 Å². The summed E-state index contributed by atoms with van der Waals surface area (Å²) in [5.74, 6) is 0. The van der Waals surface area contributed by atoms with Gasteiger partial charge in [0, 0.05) is 10.6 Å². The number of hydrogen-bond acceptors (Lipinski definition) is 1. The van der Waals surface area contributed by atoms with Crippen LogP contribution in [0.4, 0.5) is 0 Å². The molecular weight excluding hydrogens is 352 g/mol. The molecule has 3 rings (SSSR count). The summed E-state index contributed by atoms with van der Waals surface area (Å²) < 4.78 is 6.17. The predicted octanol–water partition coefficient (Wildman–Crippen LogP) is 7.25. The lowest BCUT2D eigenvalue weighted by molar-refractivity contribution is 0.119. The highest BCUT2D eigenvalue weighted by Crippen LogP contribution is 2.41. The van der Waals surface area contributed by atoms with Crippen LogP contribution in [-0.4, -0.2) is 6.61 Å². The van der Waals surface area contributed by atoms with Crippen LogP contribution in [0.1, 0.15) is 43.4 Å². The van der Waals surface area contributed by atoms with Gasteiger partial charge in [0.15, 0.2) is 0 Å². The maximum atomic E-state index is 6.44. The minimum atomic E-state index is -0.0560. The van der Waals surface area contributed by atoms with Gasteiger partial charge < -0.3 is 4.74 Å². The van der Waals surface area contributed by atoms with Gasteiger partial charge in [0.1, 0.15) is 6.10 Å². The van der Waals surface area contributed by atoms with Gasteiger partial charge in [-0.25, -0.2) is 0 Å². The minimum Gasteiger partial charge on any atom is -0.364 e. The number of ether oxygens (including phenoxy) is 1. The van der Waals surface area contributed by atoms with Gasteiger partial charge in [-0.1, -0.05) is 92.2 Å². The highest BCUT2D eigenvalue weighted by atomic mass is 35.5. The highest BCUT2D eigenvalue weighted by Gasteiger charge is 2.29. The monoisotopic (exact) mass is 378 g/mol. The third-order valence-corrected chi connectivity index (χ3v) is 5.33. The fourth-order valence-electron chi connectivity index (χ4n) is 3.48. The van der Waals surface area contributed by atoms with Crippen molar-refractivity contribution < 1.29 is 4.74 Å². The van der Waals surface area contributed by atoms with Crippen molar-refractivity contribution >= 4 is 11.6 Å². The predicted molar refractivity (Wildman–Crippen MR) is 115 cm³/mol. The Bertz CT molecular complexity index is 832. The summed E-state index contributed by atoms with van der Waals surface area (Å²) in [7, 11) is 0. The van der Waals surface area contributed by atoms with Crippen molar-refractivity contribution in [2.24, 2.45) is 0 Å². The van der Waals surface area contributed by atoms with Crippen molar-refractivity contribution in [3.8, 4) is 0 Å². The number of rotatable bonds is 8. The third-order valence-electron chi connectivity index (χ3n) is 4.99. The zero-order valence-corrected chi connectivity index (χ0v) is 16.7. The molecule has 0 bridgehead atoms. The Morgan fingerprint density at radius 3 is 2.63 bits per heavy atom. The molecule has 0 amide bonds. The van der Waals surface area contributed by atoms with Crippen LogP contribution in [0.25, 0.3) is 0 Å². The Hall–Kier alpha value is -2.09. The second-order valence-corrected chi connectivity index (χ2v) is 7.34. The van der Waals surface area contributed by atoms with E-state index < -0.39 is 0 Å². The molecule has 140 valence electrons. The van der Waals surface area contributed by atoms with E-state index >= 15 is 0 Å². The maximum Gasteiger partial charge on any atom is 0.106 e. The highest BCUT2D eigenvalue weighted by molar-refractivity contribution is 6.31. The number of allylic oxidation sites excluding steroid dienone is 2. The Morgan fingerprint density at radius 2 is 1.89 bits per heavy atom. The molecule has 27 heavy (non-hydrogen) atoms. The van der Waals surface area contributed by atoms with Crippen LogP contribution in [0.5, 0.6) is 0 Å². The average Bonchev–Trinajstić information content (AvgIpc) is 3.11. The summed E-state index contributed by atoms with van der Waals surface area (Å²) in [5.41, 5.74) is 5.98. The first-order valence-corrected chi connectivity index (χ1v) is 10.1. The van der Waals surface area contributed by atoms with E-state index in [1.54, 1.807) is 0 Å². The summed E-state index contributed by atoms with van der Waals surface area (Å²) in [5, 5.41) is 0.767. The molecule has 0 saturated carbocycles. The lowest BCUT2D eigenvalue weighted by atomic mass is 9.92. The molecule has 0 radical (unpaired) electrons. The van der Waals surface area contributed by atoms with Crippen molar-refractivity contribution in [1.82, 2.24) is 0 Å². The fraction of sp³-hybridized carbons (Fsp3) is 0.280. The Labute approximate surface area is 168 Å². The van der Waals surface area contributed by atoms with Crippen molar-refractivity contribution in [2.45, 2.75) is 38.7 Å². The smallest absolute Gasteiger partial charge is 0.106 e. The van der Waals surface area contributed by atoms with E-state index in [0.717, 1.165) is 41.8 Å². The molecule has 0 fully saturated rings. The second-order valence-electron chi connectivity index (χ2n) is 6.94. The summed E-state index contributed by atoms with van der Waals surface area (Å²) in [6.45, 7) is 7.14. The molecule has 0 N–H and O–H groups in total. The Balaban J connectivity index is 1.80. The molecule has 1 heterocycles. The first-order valence-electron chi connectivity index (χ1n) is 9.68. The first kappa shape index (κ1) is 19.7. The lowest BCUT2D eigenvalue weighted by Crippen LogP contribution is -2.02. The maximum absolute atomic E-state index is 6.44. The van der Waals surface area contributed by atoms with E-state index in [1.165, 1.54) is 16.7 Å². The molecule has 1 nitrogen and oxygen atoms in total. The van der Waals surface area contributed by atoms with E-state index in [-0.39, 0.29) is 6.10 Å². The quantitative estimate of drug-likeness (QED) is 0.439. The molecule has 1 unspecified atom stereocenters. The van der Waals surface area contributed by atoms with E-state index in [4.69, 9.17) is 16.3 Å². The van der Waals surface area contributed by atoms with E-state index in [1.807, 2.05) is 24.3 Å². The van der Waals surface area contributed by atoms with Crippen LogP contribution >= 0.6 is 11.6 Å². The molecule has 1 atom stereocenters. The molecule has 2 heteroatoms. The molecule has 2 aromatic carbocycles. The van der Waals surface area contributed by atoms with Crippen LogP contribution < -0.4 is 0 Å². The molecular formula is C25H27ClO. The lowest BCUT2D eigenvalue weighted by Gasteiger charge is -2.17. The van der Waals surface area contributed by atoms with Crippen LogP contribution in [0.2, 0.25) is 5.02 Å². The molecule has 0 aliphatic carbocycles. The normalized spacial score (nSPS) is 17.0. The fourth-order valence-corrected chi connectivity index (χ4v) is 3.72. The molecule has 1 aliphatic rings. The number of halogens is 1. The van der Waals surface area contributed by atoms with Crippen molar-refractivity contribution in [2.75, 3.05) is 6.61 Å². The standard InChI is InChI=1S/C25H27ClO/c1-3-4-15-21-23(18-27-25(21)22-16-8-9-17-24(22)26)19(2)11-10-14-20-12-6-5-7-13-20/h5-13,16-17,25H,2-4,14-15,18H2,1H3/b11-10+. The summed E-state index contributed by atoms with van der Waals surface area (Å²) in [6, 6.07) is 18.5. The third kappa shape index (κ3) is 5.00. The minimum absolute atomic E-state index is 0.0560. The van der Waals surface area contributed by atoms with Gasteiger partial charge in [-0.3, -0.25) is 0 Å².